The van der Waals surface area contributed by atoms with E-state index in [1.165, 1.54) is 13.0 Å². The maximum atomic E-state index is 14.5. The van der Waals surface area contributed by atoms with E-state index in [9.17, 15) is 22.8 Å². The van der Waals surface area contributed by atoms with E-state index in [0.29, 0.717) is 11.6 Å². The third kappa shape index (κ3) is 4.70. The minimum Gasteiger partial charge on any atom is -0.444 e. The second-order valence-corrected chi connectivity index (χ2v) is 8.19. The molecule has 3 rings (SSSR count). The molecule has 0 aliphatic heterocycles. The fourth-order valence-corrected chi connectivity index (χ4v) is 3.16. The number of nitrogens with zero attached hydrogens (tertiary/aromatic N) is 2. The first kappa shape index (κ1) is 22.3. The molecule has 0 fully saturated rings. The molecule has 164 valence electrons. The van der Waals surface area contributed by atoms with Gasteiger partial charge in [-0.25, -0.2) is 22.9 Å². The Labute approximate surface area is 176 Å². The van der Waals surface area contributed by atoms with Crippen molar-refractivity contribution in [3.05, 3.63) is 69.5 Å². The SMILES string of the molecule is Cc1ccc(F)c2c(=O)n(-c3cc(F)cc(F)c3)c([C@H](C)NC(=O)OC(C)(C)C)nc12. The summed E-state index contributed by atoms with van der Waals surface area (Å²) in [6, 6.07) is 4.17. The zero-order valence-corrected chi connectivity index (χ0v) is 17.7. The average molecular weight is 433 g/mol. The van der Waals surface area contributed by atoms with Gasteiger partial charge in [-0.15, -0.1) is 0 Å². The third-order valence-corrected chi connectivity index (χ3v) is 4.43. The second-order valence-electron chi connectivity index (χ2n) is 8.19. The lowest BCUT2D eigenvalue weighted by molar-refractivity contribution is 0.0505. The lowest BCUT2D eigenvalue weighted by Gasteiger charge is -2.23. The highest BCUT2D eigenvalue weighted by molar-refractivity contribution is 5.82. The van der Waals surface area contributed by atoms with Crippen molar-refractivity contribution in [3.8, 4) is 5.69 Å². The summed E-state index contributed by atoms with van der Waals surface area (Å²) in [5.41, 5.74) is -1.21. The van der Waals surface area contributed by atoms with Crippen LogP contribution in [0.5, 0.6) is 0 Å². The molecule has 0 unspecified atom stereocenters. The number of amides is 1. The van der Waals surface area contributed by atoms with Gasteiger partial charge in [0, 0.05) is 6.07 Å². The van der Waals surface area contributed by atoms with Crippen LogP contribution in [0.3, 0.4) is 0 Å². The topological polar surface area (TPSA) is 73.2 Å². The Kier molecular flexibility index (Phi) is 5.80. The number of nitrogens with one attached hydrogen (secondary N) is 1. The Hall–Kier alpha value is -3.36. The summed E-state index contributed by atoms with van der Waals surface area (Å²) in [6.07, 6.45) is -0.776. The van der Waals surface area contributed by atoms with E-state index in [4.69, 9.17) is 4.74 Å². The number of halogens is 3. The molecule has 6 nitrogen and oxygen atoms in total. The first-order chi connectivity index (χ1) is 14.4. The van der Waals surface area contributed by atoms with Crippen LogP contribution >= 0.6 is 0 Å². The highest BCUT2D eigenvalue weighted by atomic mass is 19.1. The van der Waals surface area contributed by atoms with E-state index in [2.05, 4.69) is 10.3 Å². The van der Waals surface area contributed by atoms with Crippen LogP contribution in [0.1, 0.15) is 45.1 Å². The van der Waals surface area contributed by atoms with Crippen LogP contribution in [0, 0.1) is 24.4 Å². The summed E-state index contributed by atoms with van der Waals surface area (Å²) in [5, 5.41) is 2.23. The maximum absolute atomic E-state index is 14.5. The summed E-state index contributed by atoms with van der Waals surface area (Å²) >= 11 is 0. The average Bonchev–Trinajstić information content (AvgIpc) is 2.61. The summed E-state index contributed by atoms with van der Waals surface area (Å²) in [6.45, 7) is 8.23. The van der Waals surface area contributed by atoms with Gasteiger partial charge in [-0.05, 0) is 58.4 Å². The number of alkyl carbamates (subject to hydrolysis) is 1. The molecule has 1 N–H and O–H groups in total. The van der Waals surface area contributed by atoms with Gasteiger partial charge < -0.3 is 10.1 Å². The molecule has 0 saturated heterocycles. The first-order valence-corrected chi connectivity index (χ1v) is 9.55. The van der Waals surface area contributed by atoms with Gasteiger partial charge in [-0.2, -0.15) is 0 Å². The van der Waals surface area contributed by atoms with Crippen molar-refractivity contribution in [2.75, 3.05) is 0 Å². The summed E-state index contributed by atoms with van der Waals surface area (Å²) in [7, 11) is 0. The zero-order valence-electron chi connectivity index (χ0n) is 17.7. The largest absolute Gasteiger partial charge is 0.444 e. The Morgan fingerprint density at radius 1 is 1.13 bits per heavy atom. The summed E-state index contributed by atoms with van der Waals surface area (Å²) in [5.74, 6) is -2.71. The lowest BCUT2D eigenvalue weighted by atomic mass is 10.1. The maximum Gasteiger partial charge on any atom is 0.408 e. The molecule has 9 heteroatoms. The van der Waals surface area contributed by atoms with E-state index < -0.39 is 40.7 Å². The molecule has 0 saturated carbocycles. The van der Waals surface area contributed by atoms with E-state index in [1.54, 1.807) is 27.7 Å². The van der Waals surface area contributed by atoms with Crippen LogP contribution in [-0.4, -0.2) is 21.2 Å². The molecular formula is C22H22F3N3O3. The molecule has 0 aliphatic rings. The van der Waals surface area contributed by atoms with Crippen molar-refractivity contribution >= 4 is 17.0 Å². The number of benzene rings is 2. The van der Waals surface area contributed by atoms with Crippen LogP contribution in [0.2, 0.25) is 0 Å². The molecule has 0 aliphatic carbocycles. The number of ether oxygens (including phenoxy) is 1. The van der Waals surface area contributed by atoms with E-state index in [0.717, 1.165) is 22.8 Å². The predicted molar refractivity (Wildman–Crippen MR) is 110 cm³/mol. The third-order valence-electron chi connectivity index (χ3n) is 4.43. The molecule has 1 atom stereocenters. The second kappa shape index (κ2) is 8.05. The van der Waals surface area contributed by atoms with Gasteiger partial charge >= 0.3 is 6.09 Å². The number of hydrogen-bond acceptors (Lipinski definition) is 4. The van der Waals surface area contributed by atoms with Crippen LogP contribution < -0.4 is 10.9 Å². The van der Waals surface area contributed by atoms with Crippen LogP contribution in [-0.2, 0) is 4.74 Å². The molecule has 2 aromatic carbocycles. The molecule has 0 bridgehead atoms. The fraction of sp³-hybridized carbons (Fsp3) is 0.318. The van der Waals surface area contributed by atoms with Crippen molar-refractivity contribution in [1.82, 2.24) is 14.9 Å². The van der Waals surface area contributed by atoms with Gasteiger partial charge in [0.25, 0.3) is 5.56 Å². The predicted octanol–water partition coefficient (Wildman–Crippen LogP) is 4.70. The normalized spacial score (nSPS) is 12.6. The van der Waals surface area contributed by atoms with E-state index in [-0.39, 0.29) is 22.4 Å². The smallest absolute Gasteiger partial charge is 0.408 e. The van der Waals surface area contributed by atoms with Crippen LogP contribution in [0.4, 0.5) is 18.0 Å². The van der Waals surface area contributed by atoms with Crippen molar-refractivity contribution in [1.29, 1.82) is 0 Å². The molecule has 1 aromatic heterocycles. The Bertz CT molecular complexity index is 1210. The van der Waals surface area contributed by atoms with Gasteiger partial charge in [-0.3, -0.25) is 9.36 Å². The summed E-state index contributed by atoms with van der Waals surface area (Å²) in [4.78, 5) is 29.9. The van der Waals surface area contributed by atoms with Gasteiger partial charge in [0.15, 0.2) is 0 Å². The Balaban J connectivity index is 2.27. The van der Waals surface area contributed by atoms with E-state index >= 15 is 0 Å². The van der Waals surface area contributed by atoms with Gasteiger partial charge in [0.1, 0.15) is 34.3 Å². The molecular weight excluding hydrogens is 411 g/mol. The number of hydrogen-bond donors (Lipinski definition) is 1. The number of carbonyl (C=O) groups excluding carboxylic acids is 1. The fourth-order valence-electron chi connectivity index (χ4n) is 3.16. The lowest BCUT2D eigenvalue weighted by Crippen LogP contribution is -2.37. The monoisotopic (exact) mass is 433 g/mol. The number of aromatic nitrogens is 2. The minimum atomic E-state index is -0.926. The summed E-state index contributed by atoms with van der Waals surface area (Å²) < 4.78 is 48.4. The van der Waals surface area contributed by atoms with Gasteiger partial charge in [0.05, 0.1) is 17.2 Å². The van der Waals surface area contributed by atoms with Crippen molar-refractivity contribution in [2.45, 2.75) is 46.3 Å². The number of fused-ring (bicyclic) bond motifs is 1. The molecule has 0 radical (unpaired) electrons. The van der Waals surface area contributed by atoms with Crippen molar-refractivity contribution < 1.29 is 22.7 Å². The quantitative estimate of drug-likeness (QED) is 0.650. The van der Waals surface area contributed by atoms with Crippen LogP contribution in [0.15, 0.2) is 35.1 Å². The Morgan fingerprint density at radius 2 is 1.74 bits per heavy atom. The number of aryl methyl sites for hydroxylation is 1. The standard InChI is InChI=1S/C22H22F3N3O3/c1-11-6-7-16(25)17-18(11)27-19(12(2)26-21(30)31-22(3,4)5)28(20(17)29)15-9-13(23)8-14(24)10-15/h6-10,12H,1-5H3,(H,26,30)/t12-/m0/s1. The van der Waals surface area contributed by atoms with E-state index in [1.807, 2.05) is 0 Å². The molecule has 3 aromatic rings. The molecule has 1 heterocycles. The molecule has 31 heavy (non-hydrogen) atoms. The number of rotatable bonds is 3. The van der Waals surface area contributed by atoms with Crippen molar-refractivity contribution in [3.63, 3.8) is 0 Å². The highest BCUT2D eigenvalue weighted by Gasteiger charge is 2.24. The van der Waals surface area contributed by atoms with Gasteiger partial charge in [0.2, 0.25) is 0 Å². The first-order valence-electron chi connectivity index (χ1n) is 9.55. The minimum absolute atomic E-state index is 0.0398. The molecule has 1 amide bonds. The van der Waals surface area contributed by atoms with Crippen LogP contribution in [0.25, 0.3) is 16.6 Å². The van der Waals surface area contributed by atoms with Crippen molar-refractivity contribution in [2.24, 2.45) is 0 Å². The molecule has 0 spiro atoms. The Morgan fingerprint density at radius 3 is 2.32 bits per heavy atom. The van der Waals surface area contributed by atoms with Gasteiger partial charge in [-0.1, -0.05) is 6.07 Å². The number of carbonyl (C=O) groups is 1. The highest BCUT2D eigenvalue weighted by Crippen LogP contribution is 2.23. The zero-order chi connectivity index (χ0) is 23.1.